The van der Waals surface area contributed by atoms with E-state index >= 15 is 0 Å². The Kier molecular flexibility index (Phi) is 3.60. The highest BCUT2D eigenvalue weighted by molar-refractivity contribution is 6.01. The summed E-state index contributed by atoms with van der Waals surface area (Å²) in [4.78, 5) is 14.5. The molecule has 1 N–H and O–H groups in total. The molecular formula is C19H18N2O. The van der Waals surface area contributed by atoms with Crippen LogP contribution < -0.4 is 5.32 Å². The minimum Gasteiger partial charge on any atom is -0.361 e. The number of rotatable bonds is 2. The number of nitrogens with zero attached hydrogens (tertiary/aromatic N) is 1. The first-order valence-corrected chi connectivity index (χ1v) is 7.29. The van der Waals surface area contributed by atoms with Crippen LogP contribution in [-0.2, 0) is 0 Å². The fourth-order valence-electron chi connectivity index (χ4n) is 2.85. The first-order valence-electron chi connectivity index (χ1n) is 7.29. The predicted molar refractivity (Wildman–Crippen MR) is 88.6 cm³/mol. The van der Waals surface area contributed by atoms with Crippen LogP contribution in [0.1, 0.15) is 33.2 Å². The molecule has 3 nitrogen and oxygen atoms in total. The van der Waals surface area contributed by atoms with Crippen molar-refractivity contribution in [1.29, 1.82) is 0 Å². The highest BCUT2D eigenvalue weighted by Gasteiger charge is 2.32. The van der Waals surface area contributed by atoms with Crippen LogP contribution in [0, 0.1) is 26.2 Å². The standard InChI is InChI=1S/C19H18N2O/c1-4-11-21-18(16-12-13(2)9-10-14(16)3)20-17-8-6-5-7-15(17)19(21)22/h1,5-10,12,18,20H,11H2,2-3H3. The Morgan fingerprint density at radius 2 is 2.00 bits per heavy atom. The Labute approximate surface area is 131 Å². The van der Waals surface area contributed by atoms with Crippen molar-refractivity contribution < 1.29 is 4.79 Å². The van der Waals surface area contributed by atoms with Crippen LogP contribution in [0.15, 0.2) is 42.5 Å². The van der Waals surface area contributed by atoms with Crippen LogP contribution in [0.4, 0.5) is 5.69 Å². The summed E-state index contributed by atoms with van der Waals surface area (Å²) in [5, 5.41) is 3.46. The fraction of sp³-hybridized carbons (Fsp3) is 0.211. The summed E-state index contributed by atoms with van der Waals surface area (Å²) in [6, 6.07) is 13.8. The summed E-state index contributed by atoms with van der Waals surface area (Å²) >= 11 is 0. The second-order valence-corrected chi connectivity index (χ2v) is 5.59. The molecule has 3 rings (SSSR count). The number of hydrogen-bond acceptors (Lipinski definition) is 2. The van der Waals surface area contributed by atoms with E-state index in [0.717, 1.165) is 22.4 Å². The van der Waals surface area contributed by atoms with Gasteiger partial charge in [-0.2, -0.15) is 0 Å². The Bertz CT molecular complexity index is 773. The van der Waals surface area contributed by atoms with Gasteiger partial charge in [0.25, 0.3) is 5.91 Å². The van der Waals surface area contributed by atoms with Gasteiger partial charge in [0.2, 0.25) is 0 Å². The number of aryl methyl sites for hydroxylation is 2. The zero-order valence-electron chi connectivity index (χ0n) is 12.8. The number of terminal acetylenes is 1. The van der Waals surface area contributed by atoms with Crippen molar-refractivity contribution in [2.24, 2.45) is 0 Å². The average Bonchev–Trinajstić information content (AvgIpc) is 2.52. The molecule has 0 saturated carbocycles. The van der Waals surface area contributed by atoms with E-state index in [-0.39, 0.29) is 18.6 Å². The minimum atomic E-state index is -0.238. The van der Waals surface area contributed by atoms with Gasteiger partial charge in [-0.3, -0.25) is 4.79 Å². The molecule has 0 aromatic heterocycles. The quantitative estimate of drug-likeness (QED) is 0.859. The largest absolute Gasteiger partial charge is 0.361 e. The molecule has 0 fully saturated rings. The van der Waals surface area contributed by atoms with E-state index in [9.17, 15) is 4.79 Å². The third kappa shape index (κ3) is 2.33. The van der Waals surface area contributed by atoms with Gasteiger partial charge in [-0.25, -0.2) is 0 Å². The maximum Gasteiger partial charge on any atom is 0.258 e. The molecule has 2 aromatic rings. The zero-order valence-corrected chi connectivity index (χ0v) is 12.8. The second-order valence-electron chi connectivity index (χ2n) is 5.59. The van der Waals surface area contributed by atoms with Gasteiger partial charge >= 0.3 is 0 Å². The molecule has 1 atom stereocenters. The van der Waals surface area contributed by atoms with E-state index in [1.165, 1.54) is 0 Å². The van der Waals surface area contributed by atoms with Crippen LogP contribution in [0.25, 0.3) is 0 Å². The molecule has 1 aliphatic rings. The smallest absolute Gasteiger partial charge is 0.258 e. The average molecular weight is 290 g/mol. The molecule has 0 saturated heterocycles. The van der Waals surface area contributed by atoms with Gasteiger partial charge in [0.05, 0.1) is 12.1 Å². The second kappa shape index (κ2) is 5.57. The van der Waals surface area contributed by atoms with Crippen LogP contribution in [0.3, 0.4) is 0 Å². The molecule has 110 valence electrons. The fourth-order valence-corrected chi connectivity index (χ4v) is 2.85. The van der Waals surface area contributed by atoms with Crippen LogP contribution in [0.2, 0.25) is 0 Å². The van der Waals surface area contributed by atoms with Gasteiger partial charge in [-0.05, 0) is 37.1 Å². The van der Waals surface area contributed by atoms with Gasteiger partial charge in [-0.1, -0.05) is 41.8 Å². The summed E-state index contributed by atoms with van der Waals surface area (Å²) in [5.74, 6) is 2.57. The van der Waals surface area contributed by atoms with Crippen molar-refractivity contribution in [3.63, 3.8) is 0 Å². The maximum absolute atomic E-state index is 12.8. The Morgan fingerprint density at radius 1 is 1.23 bits per heavy atom. The number of amides is 1. The van der Waals surface area contributed by atoms with Crippen molar-refractivity contribution in [3.8, 4) is 12.3 Å². The van der Waals surface area contributed by atoms with Gasteiger partial charge < -0.3 is 10.2 Å². The number of anilines is 1. The number of fused-ring (bicyclic) bond motifs is 1. The lowest BCUT2D eigenvalue weighted by Gasteiger charge is -2.37. The van der Waals surface area contributed by atoms with Crippen molar-refractivity contribution in [2.45, 2.75) is 20.0 Å². The molecule has 0 aliphatic carbocycles. The Hall–Kier alpha value is -2.73. The van der Waals surface area contributed by atoms with E-state index in [0.29, 0.717) is 5.56 Å². The van der Waals surface area contributed by atoms with E-state index in [2.05, 4.69) is 36.4 Å². The van der Waals surface area contributed by atoms with Crippen molar-refractivity contribution in [3.05, 3.63) is 64.7 Å². The molecule has 0 spiro atoms. The number of benzene rings is 2. The lowest BCUT2D eigenvalue weighted by molar-refractivity contribution is 0.0711. The zero-order chi connectivity index (χ0) is 15.7. The SMILES string of the molecule is C#CCN1C(=O)c2ccccc2NC1c1cc(C)ccc1C. The van der Waals surface area contributed by atoms with Gasteiger partial charge in [-0.15, -0.1) is 6.42 Å². The van der Waals surface area contributed by atoms with Gasteiger partial charge in [0.1, 0.15) is 6.17 Å². The summed E-state index contributed by atoms with van der Waals surface area (Å²) in [6.45, 7) is 4.38. The molecule has 3 heteroatoms. The molecule has 1 unspecified atom stereocenters. The summed E-state index contributed by atoms with van der Waals surface area (Å²) in [5.41, 5.74) is 4.90. The molecule has 0 radical (unpaired) electrons. The number of hydrogen-bond donors (Lipinski definition) is 1. The molecular weight excluding hydrogens is 272 g/mol. The first kappa shape index (κ1) is 14.2. The summed E-state index contributed by atoms with van der Waals surface area (Å²) in [7, 11) is 0. The Balaban J connectivity index is 2.12. The minimum absolute atomic E-state index is 0.0294. The summed E-state index contributed by atoms with van der Waals surface area (Å²) in [6.07, 6.45) is 5.24. The first-order chi connectivity index (χ1) is 10.6. The van der Waals surface area contributed by atoms with E-state index in [4.69, 9.17) is 6.42 Å². The molecule has 0 bridgehead atoms. The monoisotopic (exact) mass is 290 g/mol. The van der Waals surface area contributed by atoms with Gasteiger partial charge in [0, 0.05) is 5.69 Å². The molecule has 2 aromatic carbocycles. The van der Waals surface area contributed by atoms with Crippen molar-refractivity contribution >= 4 is 11.6 Å². The maximum atomic E-state index is 12.8. The number of para-hydroxylation sites is 1. The Morgan fingerprint density at radius 3 is 2.77 bits per heavy atom. The van der Waals surface area contributed by atoms with Gasteiger partial charge in [0.15, 0.2) is 0 Å². The predicted octanol–water partition coefficient (Wildman–Crippen LogP) is 3.50. The number of carbonyl (C=O) groups is 1. The molecule has 1 amide bonds. The summed E-state index contributed by atoms with van der Waals surface area (Å²) < 4.78 is 0. The highest BCUT2D eigenvalue weighted by atomic mass is 16.2. The number of nitrogens with one attached hydrogen (secondary N) is 1. The van der Waals surface area contributed by atoms with Crippen molar-refractivity contribution in [1.82, 2.24) is 4.90 Å². The molecule has 22 heavy (non-hydrogen) atoms. The number of carbonyl (C=O) groups excluding carboxylic acids is 1. The highest BCUT2D eigenvalue weighted by Crippen LogP contribution is 2.34. The lowest BCUT2D eigenvalue weighted by atomic mass is 9.98. The van der Waals surface area contributed by atoms with Crippen LogP contribution in [0.5, 0.6) is 0 Å². The van der Waals surface area contributed by atoms with Crippen LogP contribution >= 0.6 is 0 Å². The van der Waals surface area contributed by atoms with Crippen LogP contribution in [-0.4, -0.2) is 17.4 Å². The third-order valence-electron chi connectivity index (χ3n) is 4.01. The lowest BCUT2D eigenvalue weighted by Crippen LogP contribution is -2.43. The van der Waals surface area contributed by atoms with E-state index in [1.54, 1.807) is 4.90 Å². The van der Waals surface area contributed by atoms with E-state index < -0.39 is 0 Å². The van der Waals surface area contributed by atoms with E-state index in [1.807, 2.05) is 31.2 Å². The third-order valence-corrected chi connectivity index (χ3v) is 4.01. The normalized spacial score (nSPS) is 16.7. The molecule has 1 heterocycles. The molecule has 1 aliphatic heterocycles. The topological polar surface area (TPSA) is 32.3 Å². The van der Waals surface area contributed by atoms with Crippen molar-refractivity contribution in [2.75, 3.05) is 11.9 Å².